The molecule has 0 unspecified atom stereocenters. The highest BCUT2D eigenvalue weighted by molar-refractivity contribution is 5.83. The third-order valence-corrected chi connectivity index (χ3v) is 4.01. The van der Waals surface area contributed by atoms with Crippen molar-refractivity contribution >= 4 is 23.3 Å². The van der Waals surface area contributed by atoms with Crippen LogP contribution in [0.1, 0.15) is 11.1 Å². The molecule has 9 nitrogen and oxygen atoms in total. The molecule has 2 aromatic heterocycles. The lowest BCUT2D eigenvalue weighted by atomic mass is 10.2. The number of nitrogens with zero attached hydrogens (tertiary/aromatic N) is 5. The van der Waals surface area contributed by atoms with Crippen LogP contribution in [0, 0.1) is 6.92 Å². The van der Waals surface area contributed by atoms with Crippen LogP contribution in [-0.2, 0) is 25.4 Å². The Bertz CT molecular complexity index is 1120. The van der Waals surface area contributed by atoms with Gasteiger partial charge in [-0.3, -0.25) is 18.7 Å². The zero-order chi connectivity index (χ0) is 18.8. The van der Waals surface area contributed by atoms with Gasteiger partial charge in [-0.25, -0.2) is 15.2 Å². The second-order valence-corrected chi connectivity index (χ2v) is 5.95. The first-order valence-electron chi connectivity index (χ1n) is 7.88. The van der Waals surface area contributed by atoms with Gasteiger partial charge in [0.1, 0.15) is 6.54 Å². The lowest BCUT2D eigenvalue weighted by Gasteiger charge is -2.06. The predicted molar refractivity (Wildman–Crippen MR) is 97.1 cm³/mol. The van der Waals surface area contributed by atoms with E-state index in [0.29, 0.717) is 0 Å². The maximum Gasteiger partial charge on any atom is 0.332 e. The van der Waals surface area contributed by atoms with Crippen LogP contribution in [0.5, 0.6) is 0 Å². The van der Waals surface area contributed by atoms with E-state index < -0.39 is 17.2 Å². The summed E-state index contributed by atoms with van der Waals surface area (Å²) in [6.07, 6.45) is 2.89. The van der Waals surface area contributed by atoms with Crippen LogP contribution >= 0.6 is 0 Å². The molecule has 0 spiro atoms. The van der Waals surface area contributed by atoms with Crippen molar-refractivity contribution in [2.24, 2.45) is 19.2 Å². The summed E-state index contributed by atoms with van der Waals surface area (Å²) in [4.78, 5) is 40.4. The highest BCUT2D eigenvalue weighted by atomic mass is 16.2. The Balaban J connectivity index is 1.79. The van der Waals surface area contributed by atoms with Crippen molar-refractivity contribution in [3.8, 4) is 0 Å². The minimum atomic E-state index is -0.503. The highest BCUT2D eigenvalue weighted by Crippen LogP contribution is 2.05. The second-order valence-electron chi connectivity index (χ2n) is 5.95. The van der Waals surface area contributed by atoms with Gasteiger partial charge in [-0.2, -0.15) is 5.10 Å². The zero-order valence-corrected chi connectivity index (χ0v) is 14.6. The Morgan fingerprint density at radius 1 is 1.19 bits per heavy atom. The molecule has 1 aromatic carbocycles. The van der Waals surface area contributed by atoms with Gasteiger partial charge in [0, 0.05) is 14.1 Å². The third kappa shape index (κ3) is 3.18. The van der Waals surface area contributed by atoms with Crippen LogP contribution in [-0.4, -0.2) is 30.8 Å². The van der Waals surface area contributed by atoms with Crippen molar-refractivity contribution in [2.45, 2.75) is 13.5 Å². The number of carbonyl (C=O) groups is 1. The van der Waals surface area contributed by atoms with Crippen molar-refractivity contribution in [2.75, 3.05) is 0 Å². The number of imidazole rings is 1. The van der Waals surface area contributed by atoms with E-state index in [1.54, 1.807) is 0 Å². The molecule has 0 aliphatic carbocycles. The van der Waals surface area contributed by atoms with Crippen molar-refractivity contribution in [1.82, 2.24) is 24.1 Å². The molecule has 0 aliphatic heterocycles. The Kier molecular flexibility index (Phi) is 4.53. The van der Waals surface area contributed by atoms with E-state index >= 15 is 0 Å². The summed E-state index contributed by atoms with van der Waals surface area (Å²) in [5, 5.41) is 3.91. The molecular weight excluding hydrogens is 336 g/mol. The molecule has 26 heavy (non-hydrogen) atoms. The minimum absolute atomic E-state index is 0.144. The number of fused-ring (bicyclic) bond motifs is 1. The number of aromatic nitrogens is 4. The molecule has 3 rings (SSSR count). The summed E-state index contributed by atoms with van der Waals surface area (Å²) in [6, 6.07) is 7.67. The molecule has 0 fully saturated rings. The molecule has 0 saturated carbocycles. The van der Waals surface area contributed by atoms with Gasteiger partial charge in [-0.1, -0.05) is 29.8 Å². The molecule has 0 saturated heterocycles. The average Bonchev–Trinajstić information content (AvgIpc) is 3.03. The Morgan fingerprint density at radius 3 is 2.58 bits per heavy atom. The van der Waals surface area contributed by atoms with Gasteiger partial charge in [0.15, 0.2) is 11.2 Å². The maximum absolute atomic E-state index is 12.3. The summed E-state index contributed by atoms with van der Waals surface area (Å²) < 4.78 is 3.64. The fourth-order valence-electron chi connectivity index (χ4n) is 2.54. The first-order valence-corrected chi connectivity index (χ1v) is 7.88. The van der Waals surface area contributed by atoms with Crippen LogP contribution in [0.4, 0.5) is 0 Å². The third-order valence-electron chi connectivity index (χ3n) is 4.01. The lowest BCUT2D eigenvalue weighted by molar-refractivity contribution is -0.121. The zero-order valence-electron chi connectivity index (χ0n) is 14.6. The van der Waals surface area contributed by atoms with E-state index in [-0.39, 0.29) is 17.7 Å². The Morgan fingerprint density at radius 2 is 1.88 bits per heavy atom. The van der Waals surface area contributed by atoms with E-state index in [2.05, 4.69) is 15.5 Å². The molecular formula is C17H18N6O3. The number of hydrazone groups is 1. The minimum Gasteiger partial charge on any atom is -0.315 e. The number of hydrogen-bond acceptors (Lipinski definition) is 5. The summed E-state index contributed by atoms with van der Waals surface area (Å²) in [6.45, 7) is 1.84. The molecule has 134 valence electrons. The van der Waals surface area contributed by atoms with Crippen molar-refractivity contribution in [3.05, 3.63) is 62.6 Å². The van der Waals surface area contributed by atoms with E-state index in [4.69, 9.17) is 0 Å². The molecule has 3 aromatic rings. The fourth-order valence-corrected chi connectivity index (χ4v) is 2.54. The van der Waals surface area contributed by atoms with E-state index in [1.807, 2.05) is 31.2 Å². The average molecular weight is 354 g/mol. The Labute approximate surface area is 148 Å². The maximum atomic E-state index is 12.3. The fraction of sp³-hybridized carbons (Fsp3) is 0.235. The molecule has 0 bridgehead atoms. The van der Waals surface area contributed by atoms with Gasteiger partial charge in [0.05, 0.1) is 12.5 Å². The smallest absolute Gasteiger partial charge is 0.315 e. The quantitative estimate of drug-likeness (QED) is 0.522. The summed E-state index contributed by atoms with van der Waals surface area (Å²) in [7, 11) is 2.90. The monoisotopic (exact) mass is 354 g/mol. The SMILES string of the molecule is Cc1ccc(/C=N\NC(=O)Cn2cnc3c2c(=O)n(C)c(=O)n3C)cc1. The number of nitrogens with one attached hydrogen (secondary N) is 1. The molecule has 2 heterocycles. The number of amides is 1. The van der Waals surface area contributed by atoms with Crippen LogP contribution in [0.25, 0.3) is 11.2 Å². The van der Waals surface area contributed by atoms with Crippen LogP contribution in [0.3, 0.4) is 0 Å². The molecule has 1 amide bonds. The standard InChI is InChI=1S/C17H18N6O3/c1-11-4-6-12(7-5-11)8-19-20-13(24)9-23-10-18-15-14(23)16(25)22(3)17(26)21(15)2/h4-8,10H,9H2,1-3H3,(H,20,24)/b19-8-. The van der Waals surface area contributed by atoms with Crippen molar-refractivity contribution in [1.29, 1.82) is 0 Å². The summed E-state index contributed by atoms with van der Waals surface area (Å²) in [5.41, 5.74) is 3.84. The molecule has 0 radical (unpaired) electrons. The van der Waals surface area contributed by atoms with Crippen molar-refractivity contribution in [3.63, 3.8) is 0 Å². The first kappa shape index (κ1) is 17.3. The van der Waals surface area contributed by atoms with Gasteiger partial charge in [-0.15, -0.1) is 0 Å². The number of hydrogen-bond donors (Lipinski definition) is 1. The molecule has 1 N–H and O–H groups in total. The summed E-state index contributed by atoms with van der Waals surface area (Å²) >= 11 is 0. The summed E-state index contributed by atoms with van der Waals surface area (Å²) in [5.74, 6) is -0.413. The van der Waals surface area contributed by atoms with Gasteiger partial charge in [-0.05, 0) is 12.5 Å². The van der Waals surface area contributed by atoms with E-state index in [9.17, 15) is 14.4 Å². The number of benzene rings is 1. The normalized spacial score (nSPS) is 11.3. The topological polar surface area (TPSA) is 103 Å². The largest absolute Gasteiger partial charge is 0.332 e. The molecule has 0 aliphatic rings. The number of rotatable bonds is 4. The van der Waals surface area contributed by atoms with Crippen LogP contribution < -0.4 is 16.7 Å². The number of aryl methyl sites for hydroxylation is 2. The second kappa shape index (κ2) is 6.79. The first-order chi connectivity index (χ1) is 12.4. The predicted octanol–water partition coefficient (Wildman–Crippen LogP) is -0.108. The Hall–Kier alpha value is -3.49. The van der Waals surface area contributed by atoms with Gasteiger partial charge in [0.25, 0.3) is 11.5 Å². The van der Waals surface area contributed by atoms with E-state index in [0.717, 1.165) is 15.7 Å². The molecule has 0 atom stereocenters. The number of carbonyl (C=O) groups excluding carboxylic acids is 1. The van der Waals surface area contributed by atoms with Crippen LogP contribution in [0.2, 0.25) is 0 Å². The van der Waals surface area contributed by atoms with E-state index in [1.165, 1.54) is 35.8 Å². The molecule has 9 heteroatoms. The van der Waals surface area contributed by atoms with Crippen LogP contribution in [0.15, 0.2) is 45.3 Å². The highest BCUT2D eigenvalue weighted by Gasteiger charge is 2.15. The van der Waals surface area contributed by atoms with Gasteiger partial charge in [0.2, 0.25) is 0 Å². The van der Waals surface area contributed by atoms with Crippen molar-refractivity contribution < 1.29 is 4.79 Å². The van der Waals surface area contributed by atoms with Gasteiger partial charge < -0.3 is 4.57 Å². The lowest BCUT2D eigenvalue weighted by Crippen LogP contribution is -2.38. The van der Waals surface area contributed by atoms with Gasteiger partial charge >= 0.3 is 5.69 Å².